The van der Waals surface area contributed by atoms with E-state index in [1.807, 2.05) is 56.3 Å². The van der Waals surface area contributed by atoms with Crippen molar-refractivity contribution in [1.29, 1.82) is 0 Å². The molecule has 0 spiro atoms. The Morgan fingerprint density at radius 1 is 1.00 bits per heavy atom. The number of aryl methyl sites for hydroxylation is 2. The molecular weight excluding hydrogens is 344 g/mol. The van der Waals surface area contributed by atoms with Crippen LogP contribution in [0.4, 0.5) is 0 Å². The minimum Gasteiger partial charge on any atom is -0.423 e. The molecule has 0 N–H and O–H groups in total. The van der Waals surface area contributed by atoms with Gasteiger partial charge in [0.15, 0.2) is 0 Å². The third kappa shape index (κ3) is 3.65. The molecule has 0 aliphatic heterocycles. The van der Waals surface area contributed by atoms with Crippen molar-refractivity contribution in [2.75, 3.05) is 0 Å². The Morgan fingerprint density at radius 3 is 2.27 bits per heavy atom. The van der Waals surface area contributed by atoms with E-state index in [2.05, 4.69) is 6.58 Å². The van der Waals surface area contributed by atoms with E-state index in [0.29, 0.717) is 16.2 Å². The first-order chi connectivity index (χ1) is 12.5. The van der Waals surface area contributed by atoms with Gasteiger partial charge in [0.1, 0.15) is 5.75 Å². The SMILES string of the molecule is C=CC(=O)Oc1cc(C)c(C(=O)c2ccc(-c3ccccc3)s2)c(C)c1. The molecule has 3 aromatic rings. The predicted molar refractivity (Wildman–Crippen MR) is 105 cm³/mol. The van der Waals surface area contributed by atoms with Gasteiger partial charge in [0.05, 0.1) is 4.88 Å². The van der Waals surface area contributed by atoms with Gasteiger partial charge in [-0.15, -0.1) is 11.3 Å². The lowest BCUT2D eigenvalue weighted by atomic mass is 9.98. The number of thiophene rings is 1. The lowest BCUT2D eigenvalue weighted by Crippen LogP contribution is -2.08. The summed E-state index contributed by atoms with van der Waals surface area (Å²) >= 11 is 1.48. The molecule has 0 saturated carbocycles. The van der Waals surface area contributed by atoms with Crippen LogP contribution in [0, 0.1) is 13.8 Å². The number of esters is 1. The van der Waals surface area contributed by atoms with Gasteiger partial charge in [0.2, 0.25) is 5.78 Å². The Bertz CT molecular complexity index is 961. The zero-order valence-corrected chi connectivity index (χ0v) is 15.4. The van der Waals surface area contributed by atoms with E-state index in [4.69, 9.17) is 4.74 Å². The zero-order valence-electron chi connectivity index (χ0n) is 14.6. The molecule has 0 amide bonds. The van der Waals surface area contributed by atoms with Crippen molar-refractivity contribution in [1.82, 2.24) is 0 Å². The molecule has 0 aliphatic carbocycles. The second-order valence-corrected chi connectivity index (χ2v) is 7.00. The minimum atomic E-state index is -0.520. The van der Waals surface area contributed by atoms with E-state index in [-0.39, 0.29) is 5.78 Å². The lowest BCUT2D eigenvalue weighted by Gasteiger charge is -2.11. The van der Waals surface area contributed by atoms with Crippen LogP contribution in [0.15, 0.2) is 67.3 Å². The Morgan fingerprint density at radius 2 is 1.65 bits per heavy atom. The van der Waals surface area contributed by atoms with Crippen LogP contribution in [0.25, 0.3) is 10.4 Å². The Balaban J connectivity index is 1.92. The zero-order chi connectivity index (χ0) is 18.7. The van der Waals surface area contributed by atoms with Crippen molar-refractivity contribution in [3.63, 3.8) is 0 Å². The number of carbonyl (C=O) groups excluding carboxylic acids is 2. The van der Waals surface area contributed by atoms with Crippen molar-refractivity contribution in [2.45, 2.75) is 13.8 Å². The fourth-order valence-corrected chi connectivity index (χ4v) is 3.80. The van der Waals surface area contributed by atoms with Gasteiger partial charge in [0, 0.05) is 16.5 Å². The molecule has 3 nitrogen and oxygen atoms in total. The molecule has 1 aromatic heterocycles. The Kier molecular flexibility index (Phi) is 5.14. The standard InChI is InChI=1S/C22H18O3S/c1-4-20(23)25-17-12-14(2)21(15(3)13-17)22(24)19-11-10-18(26-19)16-8-6-5-7-9-16/h4-13H,1H2,2-3H3. The summed E-state index contributed by atoms with van der Waals surface area (Å²) in [7, 11) is 0. The summed E-state index contributed by atoms with van der Waals surface area (Å²) in [5.41, 5.74) is 3.29. The Hall–Kier alpha value is -2.98. The van der Waals surface area contributed by atoms with Gasteiger partial charge in [0.25, 0.3) is 0 Å². The van der Waals surface area contributed by atoms with Crippen molar-refractivity contribution in [2.24, 2.45) is 0 Å². The van der Waals surface area contributed by atoms with E-state index >= 15 is 0 Å². The van der Waals surface area contributed by atoms with Crippen LogP contribution in [-0.4, -0.2) is 11.8 Å². The first-order valence-electron chi connectivity index (χ1n) is 8.15. The summed E-state index contributed by atoms with van der Waals surface area (Å²) in [6, 6.07) is 17.2. The maximum atomic E-state index is 13.0. The number of ketones is 1. The maximum Gasteiger partial charge on any atom is 0.335 e. The van der Waals surface area contributed by atoms with Crippen molar-refractivity contribution >= 4 is 23.1 Å². The minimum absolute atomic E-state index is 0.0196. The third-order valence-corrected chi connectivity index (χ3v) is 5.14. The molecule has 130 valence electrons. The molecule has 0 atom stereocenters. The topological polar surface area (TPSA) is 43.4 Å². The fraction of sp³-hybridized carbons (Fsp3) is 0.0909. The second kappa shape index (κ2) is 7.50. The first-order valence-corrected chi connectivity index (χ1v) is 8.96. The molecule has 1 heterocycles. The highest BCUT2D eigenvalue weighted by Crippen LogP contribution is 2.31. The summed E-state index contributed by atoms with van der Waals surface area (Å²) in [4.78, 5) is 26.1. The molecule has 0 unspecified atom stereocenters. The highest BCUT2D eigenvalue weighted by Gasteiger charge is 2.18. The van der Waals surface area contributed by atoms with Gasteiger partial charge in [-0.05, 0) is 54.8 Å². The molecule has 0 radical (unpaired) electrons. The third-order valence-electron chi connectivity index (χ3n) is 4.01. The van der Waals surface area contributed by atoms with Crippen LogP contribution >= 0.6 is 11.3 Å². The number of carbonyl (C=O) groups is 2. The molecule has 26 heavy (non-hydrogen) atoms. The van der Waals surface area contributed by atoms with Crippen LogP contribution in [-0.2, 0) is 4.79 Å². The molecule has 3 rings (SSSR count). The molecule has 0 bridgehead atoms. The number of rotatable bonds is 5. The Labute approximate surface area is 156 Å². The van der Waals surface area contributed by atoms with Crippen LogP contribution in [0.3, 0.4) is 0 Å². The number of benzene rings is 2. The predicted octanol–water partition coefficient (Wildman–Crippen LogP) is 5.35. The monoisotopic (exact) mass is 362 g/mol. The maximum absolute atomic E-state index is 13.0. The van der Waals surface area contributed by atoms with Gasteiger partial charge in [-0.2, -0.15) is 0 Å². The van der Waals surface area contributed by atoms with Gasteiger partial charge in [-0.1, -0.05) is 36.9 Å². The van der Waals surface area contributed by atoms with Gasteiger partial charge in [-0.3, -0.25) is 4.79 Å². The van der Waals surface area contributed by atoms with E-state index in [1.54, 1.807) is 12.1 Å². The summed E-state index contributed by atoms with van der Waals surface area (Å²) in [5.74, 6) is -0.125. The van der Waals surface area contributed by atoms with Gasteiger partial charge in [-0.25, -0.2) is 4.79 Å². The quantitative estimate of drug-likeness (QED) is 0.266. The second-order valence-electron chi connectivity index (χ2n) is 5.92. The highest BCUT2D eigenvalue weighted by atomic mass is 32.1. The average Bonchev–Trinajstić information content (AvgIpc) is 3.12. The van der Waals surface area contributed by atoms with Crippen molar-refractivity contribution in [3.8, 4) is 16.2 Å². The van der Waals surface area contributed by atoms with Gasteiger partial charge >= 0.3 is 5.97 Å². The normalized spacial score (nSPS) is 10.4. The van der Waals surface area contributed by atoms with Gasteiger partial charge < -0.3 is 4.74 Å². The van der Waals surface area contributed by atoms with E-state index in [0.717, 1.165) is 27.6 Å². The van der Waals surface area contributed by atoms with Crippen LogP contribution < -0.4 is 4.74 Å². The molecule has 2 aromatic carbocycles. The summed E-state index contributed by atoms with van der Waals surface area (Å²) in [5, 5.41) is 0. The average molecular weight is 362 g/mol. The number of ether oxygens (including phenoxy) is 1. The van der Waals surface area contributed by atoms with E-state index in [9.17, 15) is 9.59 Å². The van der Waals surface area contributed by atoms with Crippen molar-refractivity contribution < 1.29 is 14.3 Å². The largest absolute Gasteiger partial charge is 0.423 e. The van der Waals surface area contributed by atoms with Crippen LogP contribution in [0.1, 0.15) is 26.4 Å². The molecule has 0 aliphatic rings. The fourth-order valence-electron chi connectivity index (χ4n) is 2.84. The summed E-state index contributed by atoms with van der Waals surface area (Å²) < 4.78 is 5.16. The molecular formula is C22H18O3S. The highest BCUT2D eigenvalue weighted by molar-refractivity contribution is 7.17. The number of hydrogen-bond acceptors (Lipinski definition) is 4. The molecule has 0 saturated heterocycles. The molecule has 4 heteroatoms. The first kappa shape index (κ1) is 17.8. The lowest BCUT2D eigenvalue weighted by molar-refractivity contribution is -0.128. The smallest absolute Gasteiger partial charge is 0.335 e. The number of hydrogen-bond donors (Lipinski definition) is 0. The molecule has 0 fully saturated rings. The van der Waals surface area contributed by atoms with E-state index < -0.39 is 5.97 Å². The summed E-state index contributed by atoms with van der Waals surface area (Å²) in [6.07, 6.45) is 1.11. The van der Waals surface area contributed by atoms with E-state index in [1.165, 1.54) is 11.3 Å². The van der Waals surface area contributed by atoms with Crippen LogP contribution in [0.5, 0.6) is 5.75 Å². The van der Waals surface area contributed by atoms with Crippen LogP contribution in [0.2, 0.25) is 0 Å². The van der Waals surface area contributed by atoms with Crippen molar-refractivity contribution in [3.05, 3.63) is 88.8 Å². The summed E-state index contributed by atoms with van der Waals surface area (Å²) in [6.45, 7) is 7.08.